The molecule has 1 amide bonds. The molecule has 0 saturated carbocycles. The number of carbonyl (C=O) groups excluding carboxylic acids is 1. The van der Waals surface area contributed by atoms with Gasteiger partial charge in [0.1, 0.15) is 11.4 Å². The van der Waals surface area contributed by atoms with Gasteiger partial charge in [0, 0.05) is 36.2 Å². The van der Waals surface area contributed by atoms with Crippen molar-refractivity contribution in [2.75, 3.05) is 43.6 Å². The lowest BCUT2D eigenvalue weighted by Crippen LogP contribution is -2.36. The standard InChI is InChI=1S/C27H26N4O3.ClH/c1-33-24-13-7-20(8-14-24)26-25(19-31(29-26)23-5-3-2-4-6-23)27(32)28-21-9-11-22(12-10-21)30-15-17-34-18-16-30;/h2-14,19H,15-18H2,1H3,(H,28,32);1H. The van der Waals surface area contributed by atoms with Crippen molar-refractivity contribution in [2.24, 2.45) is 0 Å². The second kappa shape index (κ2) is 11.1. The summed E-state index contributed by atoms with van der Waals surface area (Å²) in [6, 6.07) is 25.2. The van der Waals surface area contributed by atoms with E-state index in [1.807, 2.05) is 78.9 Å². The first kappa shape index (κ1) is 24.3. The summed E-state index contributed by atoms with van der Waals surface area (Å²) in [4.78, 5) is 15.6. The molecule has 0 aliphatic carbocycles. The summed E-state index contributed by atoms with van der Waals surface area (Å²) >= 11 is 0. The molecule has 4 aromatic rings. The van der Waals surface area contributed by atoms with Crippen LogP contribution in [0.3, 0.4) is 0 Å². The number of ether oxygens (including phenoxy) is 2. The Morgan fingerprint density at radius 2 is 1.60 bits per heavy atom. The zero-order valence-electron chi connectivity index (χ0n) is 19.4. The zero-order valence-corrected chi connectivity index (χ0v) is 20.2. The molecule has 0 atom stereocenters. The van der Waals surface area contributed by atoms with Gasteiger partial charge in [-0.2, -0.15) is 5.10 Å². The average Bonchev–Trinajstić information content (AvgIpc) is 3.36. The van der Waals surface area contributed by atoms with Gasteiger partial charge in [-0.25, -0.2) is 4.68 Å². The van der Waals surface area contributed by atoms with Crippen molar-refractivity contribution in [1.82, 2.24) is 9.78 Å². The summed E-state index contributed by atoms with van der Waals surface area (Å²) in [6.07, 6.45) is 1.77. The maximum absolute atomic E-state index is 13.3. The highest BCUT2D eigenvalue weighted by Crippen LogP contribution is 2.27. The van der Waals surface area contributed by atoms with Gasteiger partial charge in [0.2, 0.25) is 0 Å². The van der Waals surface area contributed by atoms with E-state index in [0.29, 0.717) is 11.3 Å². The number of anilines is 2. The van der Waals surface area contributed by atoms with Gasteiger partial charge in [-0.3, -0.25) is 4.79 Å². The molecule has 1 fully saturated rings. The monoisotopic (exact) mass is 490 g/mol. The number of morpholine rings is 1. The molecular weight excluding hydrogens is 464 g/mol. The number of hydrogen-bond acceptors (Lipinski definition) is 5. The Bertz CT molecular complexity index is 1250. The van der Waals surface area contributed by atoms with Crippen molar-refractivity contribution in [2.45, 2.75) is 0 Å². The van der Waals surface area contributed by atoms with Crippen LogP contribution in [0, 0.1) is 0 Å². The molecule has 5 rings (SSSR count). The van der Waals surface area contributed by atoms with Gasteiger partial charge in [-0.15, -0.1) is 12.4 Å². The minimum absolute atomic E-state index is 0. The van der Waals surface area contributed by atoms with Crippen molar-refractivity contribution in [1.29, 1.82) is 0 Å². The number of rotatable bonds is 6. The molecule has 1 saturated heterocycles. The fraction of sp³-hybridized carbons (Fsp3) is 0.185. The van der Waals surface area contributed by atoms with E-state index in [4.69, 9.17) is 14.6 Å². The summed E-state index contributed by atoms with van der Waals surface area (Å²) < 4.78 is 12.4. The van der Waals surface area contributed by atoms with E-state index in [9.17, 15) is 4.79 Å². The topological polar surface area (TPSA) is 68.6 Å². The molecule has 1 aliphatic heterocycles. The quantitative estimate of drug-likeness (QED) is 0.409. The molecule has 2 heterocycles. The molecule has 7 nitrogen and oxygen atoms in total. The first-order chi connectivity index (χ1) is 16.7. The van der Waals surface area contributed by atoms with E-state index in [2.05, 4.69) is 10.2 Å². The van der Waals surface area contributed by atoms with Crippen LogP contribution in [0.4, 0.5) is 11.4 Å². The van der Waals surface area contributed by atoms with E-state index in [-0.39, 0.29) is 18.3 Å². The number of carbonyl (C=O) groups is 1. The van der Waals surface area contributed by atoms with Gasteiger partial charge in [0.25, 0.3) is 5.91 Å². The highest BCUT2D eigenvalue weighted by Gasteiger charge is 2.19. The molecule has 8 heteroatoms. The van der Waals surface area contributed by atoms with E-state index in [0.717, 1.165) is 54.7 Å². The van der Waals surface area contributed by atoms with Crippen molar-refractivity contribution in [3.63, 3.8) is 0 Å². The lowest BCUT2D eigenvalue weighted by atomic mass is 10.1. The number of methoxy groups -OCH3 is 1. The minimum atomic E-state index is -0.216. The number of halogens is 1. The molecule has 35 heavy (non-hydrogen) atoms. The van der Waals surface area contributed by atoms with Crippen LogP contribution < -0.4 is 15.0 Å². The molecule has 0 spiro atoms. The van der Waals surface area contributed by atoms with E-state index < -0.39 is 0 Å². The Labute approximate surface area is 210 Å². The fourth-order valence-corrected chi connectivity index (χ4v) is 3.99. The third-order valence-corrected chi connectivity index (χ3v) is 5.84. The second-order valence-electron chi connectivity index (χ2n) is 8.00. The zero-order chi connectivity index (χ0) is 23.3. The first-order valence-electron chi connectivity index (χ1n) is 11.2. The van der Waals surface area contributed by atoms with Crippen LogP contribution in [0.15, 0.2) is 85.1 Å². The van der Waals surface area contributed by atoms with E-state index >= 15 is 0 Å². The minimum Gasteiger partial charge on any atom is -0.497 e. The molecule has 1 N–H and O–H groups in total. The van der Waals surface area contributed by atoms with Gasteiger partial charge < -0.3 is 19.7 Å². The van der Waals surface area contributed by atoms with Crippen LogP contribution in [0.1, 0.15) is 10.4 Å². The number of aromatic nitrogens is 2. The Kier molecular flexibility index (Phi) is 7.70. The summed E-state index contributed by atoms with van der Waals surface area (Å²) in [6.45, 7) is 3.21. The average molecular weight is 491 g/mol. The van der Waals surface area contributed by atoms with Gasteiger partial charge in [-0.1, -0.05) is 18.2 Å². The van der Waals surface area contributed by atoms with Crippen LogP contribution in [0.25, 0.3) is 16.9 Å². The Morgan fingerprint density at radius 3 is 2.26 bits per heavy atom. The van der Waals surface area contributed by atoms with Crippen molar-refractivity contribution in [3.8, 4) is 22.7 Å². The summed E-state index contributed by atoms with van der Waals surface area (Å²) in [5, 5.41) is 7.77. The molecular formula is C27H27ClN4O3. The van der Waals surface area contributed by atoms with Crippen LogP contribution in [-0.4, -0.2) is 49.1 Å². The third-order valence-electron chi connectivity index (χ3n) is 5.84. The molecule has 1 aliphatic rings. The molecule has 1 aromatic heterocycles. The number of para-hydroxylation sites is 1. The van der Waals surface area contributed by atoms with E-state index in [1.54, 1.807) is 18.0 Å². The van der Waals surface area contributed by atoms with Gasteiger partial charge in [0.05, 0.1) is 31.6 Å². The molecule has 0 radical (unpaired) electrons. The largest absolute Gasteiger partial charge is 0.497 e. The predicted molar refractivity (Wildman–Crippen MR) is 140 cm³/mol. The molecule has 3 aromatic carbocycles. The number of amides is 1. The van der Waals surface area contributed by atoms with Crippen molar-refractivity contribution in [3.05, 3.63) is 90.6 Å². The Balaban J connectivity index is 0.00000289. The molecule has 180 valence electrons. The Morgan fingerprint density at radius 1 is 0.914 bits per heavy atom. The highest BCUT2D eigenvalue weighted by molar-refractivity contribution is 6.08. The maximum atomic E-state index is 13.3. The van der Waals surface area contributed by atoms with Crippen molar-refractivity contribution < 1.29 is 14.3 Å². The summed E-state index contributed by atoms with van der Waals surface area (Å²) in [5.41, 5.74) is 4.67. The van der Waals surface area contributed by atoms with Gasteiger partial charge >= 0.3 is 0 Å². The van der Waals surface area contributed by atoms with E-state index in [1.165, 1.54) is 0 Å². The van der Waals surface area contributed by atoms with Crippen LogP contribution in [-0.2, 0) is 4.74 Å². The summed E-state index contributed by atoms with van der Waals surface area (Å²) in [7, 11) is 1.63. The third kappa shape index (κ3) is 5.48. The SMILES string of the molecule is COc1ccc(-c2nn(-c3ccccc3)cc2C(=O)Nc2ccc(N3CCOCC3)cc2)cc1.Cl. The van der Waals surface area contributed by atoms with Crippen LogP contribution >= 0.6 is 12.4 Å². The van der Waals surface area contributed by atoms with Gasteiger partial charge in [-0.05, 0) is 60.7 Å². The predicted octanol–water partition coefficient (Wildman–Crippen LogP) is 5.06. The summed E-state index contributed by atoms with van der Waals surface area (Å²) in [5.74, 6) is 0.532. The first-order valence-corrected chi connectivity index (χ1v) is 11.2. The highest BCUT2D eigenvalue weighted by atomic mass is 35.5. The second-order valence-corrected chi connectivity index (χ2v) is 8.00. The van der Waals surface area contributed by atoms with Gasteiger partial charge in [0.15, 0.2) is 0 Å². The number of nitrogens with zero attached hydrogens (tertiary/aromatic N) is 3. The van der Waals surface area contributed by atoms with Crippen LogP contribution in [0.2, 0.25) is 0 Å². The maximum Gasteiger partial charge on any atom is 0.259 e. The molecule has 0 unspecified atom stereocenters. The Hall–Kier alpha value is -3.81. The lowest BCUT2D eigenvalue weighted by Gasteiger charge is -2.28. The lowest BCUT2D eigenvalue weighted by molar-refractivity contribution is 0.102. The number of nitrogens with one attached hydrogen (secondary N) is 1. The smallest absolute Gasteiger partial charge is 0.259 e. The fourth-order valence-electron chi connectivity index (χ4n) is 3.99. The van der Waals surface area contributed by atoms with Crippen molar-refractivity contribution >= 4 is 29.7 Å². The molecule has 0 bridgehead atoms. The number of benzene rings is 3. The number of hydrogen-bond donors (Lipinski definition) is 1. The van der Waals surface area contributed by atoms with Crippen LogP contribution in [0.5, 0.6) is 5.75 Å². The normalized spacial score (nSPS) is 13.1.